The van der Waals surface area contributed by atoms with Gasteiger partial charge in [0.2, 0.25) is 0 Å². The number of hydrogen-bond donors (Lipinski definition) is 0. The van der Waals surface area contributed by atoms with E-state index < -0.39 is 0 Å². The Balaban J connectivity index is 2.15. The highest BCUT2D eigenvalue weighted by Crippen LogP contribution is 2.09. The summed E-state index contributed by atoms with van der Waals surface area (Å²) in [7, 11) is 0. The van der Waals surface area contributed by atoms with E-state index in [-0.39, 0.29) is 0 Å². The molecule has 1 fully saturated rings. The third-order valence-electron chi connectivity index (χ3n) is 1.85. The molecule has 11 heavy (non-hydrogen) atoms. The Labute approximate surface area is 72.6 Å². The fourth-order valence-corrected chi connectivity index (χ4v) is 2.15. The first-order chi connectivity index (χ1) is 5.43. The molecule has 1 saturated heterocycles. The van der Waals surface area contributed by atoms with Crippen LogP contribution in [-0.2, 0) is 0 Å². The van der Waals surface area contributed by atoms with Gasteiger partial charge in [0.15, 0.2) is 0 Å². The predicted molar refractivity (Wildman–Crippen MR) is 48.6 cm³/mol. The van der Waals surface area contributed by atoms with Crippen LogP contribution in [0.5, 0.6) is 0 Å². The Morgan fingerprint density at radius 1 is 1.36 bits per heavy atom. The van der Waals surface area contributed by atoms with Crippen molar-refractivity contribution in [3.8, 4) is 6.07 Å². The Kier molecular flexibility index (Phi) is 4.41. The summed E-state index contributed by atoms with van der Waals surface area (Å²) in [6.45, 7) is 3.33. The fraction of sp³-hybridized carbons (Fsp3) is 0.875. The fourth-order valence-electron chi connectivity index (χ4n) is 1.23. The number of hydrogen-bond acceptors (Lipinski definition) is 3. The van der Waals surface area contributed by atoms with Crippen molar-refractivity contribution in [1.29, 1.82) is 5.26 Å². The van der Waals surface area contributed by atoms with Crippen molar-refractivity contribution in [2.24, 2.45) is 0 Å². The van der Waals surface area contributed by atoms with Crippen molar-refractivity contribution in [3.05, 3.63) is 0 Å². The molecule has 0 atom stereocenters. The highest BCUT2D eigenvalue weighted by molar-refractivity contribution is 7.99. The maximum atomic E-state index is 8.39. The van der Waals surface area contributed by atoms with Gasteiger partial charge in [-0.25, -0.2) is 0 Å². The number of nitrogens with zero attached hydrogens (tertiary/aromatic N) is 2. The summed E-state index contributed by atoms with van der Waals surface area (Å²) in [5, 5.41) is 8.39. The van der Waals surface area contributed by atoms with Crippen LogP contribution in [-0.4, -0.2) is 36.0 Å². The van der Waals surface area contributed by atoms with E-state index in [9.17, 15) is 0 Å². The molecule has 0 spiro atoms. The summed E-state index contributed by atoms with van der Waals surface area (Å²) < 4.78 is 0. The first-order valence-corrected chi connectivity index (χ1v) is 5.26. The van der Waals surface area contributed by atoms with E-state index >= 15 is 0 Å². The average Bonchev–Trinajstić information content (AvgIpc) is 2.28. The SMILES string of the molecule is N#CCCN1CCCSCC1. The summed E-state index contributed by atoms with van der Waals surface area (Å²) >= 11 is 2.03. The highest BCUT2D eigenvalue weighted by Gasteiger charge is 2.07. The lowest BCUT2D eigenvalue weighted by Crippen LogP contribution is -2.26. The van der Waals surface area contributed by atoms with Crippen molar-refractivity contribution in [2.75, 3.05) is 31.1 Å². The molecule has 0 aromatic rings. The van der Waals surface area contributed by atoms with Crippen LogP contribution in [0.15, 0.2) is 0 Å². The molecule has 0 unspecified atom stereocenters. The highest BCUT2D eigenvalue weighted by atomic mass is 32.2. The molecule has 2 nitrogen and oxygen atoms in total. The summed E-state index contributed by atoms with van der Waals surface area (Å²) in [5.41, 5.74) is 0. The summed E-state index contributed by atoms with van der Waals surface area (Å²) in [6, 6.07) is 2.19. The van der Waals surface area contributed by atoms with Gasteiger partial charge in [0, 0.05) is 25.3 Å². The van der Waals surface area contributed by atoms with Gasteiger partial charge in [0.25, 0.3) is 0 Å². The molecule has 3 heteroatoms. The minimum Gasteiger partial charge on any atom is -0.301 e. The third-order valence-corrected chi connectivity index (χ3v) is 2.90. The van der Waals surface area contributed by atoms with Crippen LogP contribution in [0.3, 0.4) is 0 Å². The van der Waals surface area contributed by atoms with E-state index in [0.717, 1.165) is 6.54 Å². The molecule has 1 aliphatic heterocycles. The molecule has 0 radical (unpaired) electrons. The predicted octanol–water partition coefficient (Wildman–Crippen LogP) is 1.34. The minimum atomic E-state index is 0.685. The average molecular weight is 170 g/mol. The van der Waals surface area contributed by atoms with E-state index in [1.54, 1.807) is 0 Å². The molecule has 1 heterocycles. The van der Waals surface area contributed by atoms with E-state index in [4.69, 9.17) is 5.26 Å². The van der Waals surface area contributed by atoms with Gasteiger partial charge in [0.1, 0.15) is 0 Å². The lowest BCUT2D eigenvalue weighted by Gasteiger charge is -2.16. The van der Waals surface area contributed by atoms with Crippen molar-refractivity contribution < 1.29 is 0 Å². The topological polar surface area (TPSA) is 27.0 Å². The van der Waals surface area contributed by atoms with Crippen LogP contribution in [0.1, 0.15) is 12.8 Å². The maximum absolute atomic E-state index is 8.39. The summed E-state index contributed by atoms with van der Waals surface area (Å²) in [4.78, 5) is 2.39. The van der Waals surface area contributed by atoms with Crippen molar-refractivity contribution in [1.82, 2.24) is 4.90 Å². The van der Waals surface area contributed by atoms with Crippen molar-refractivity contribution in [3.63, 3.8) is 0 Å². The second-order valence-corrected chi connectivity index (χ2v) is 3.94. The van der Waals surface area contributed by atoms with E-state index in [2.05, 4.69) is 11.0 Å². The van der Waals surface area contributed by atoms with Gasteiger partial charge in [0.05, 0.1) is 6.07 Å². The van der Waals surface area contributed by atoms with Gasteiger partial charge in [-0.3, -0.25) is 0 Å². The zero-order valence-electron chi connectivity index (χ0n) is 6.75. The first-order valence-electron chi connectivity index (χ1n) is 4.10. The van der Waals surface area contributed by atoms with Gasteiger partial charge in [-0.2, -0.15) is 17.0 Å². The Morgan fingerprint density at radius 2 is 2.27 bits per heavy atom. The van der Waals surface area contributed by atoms with Crippen LogP contribution < -0.4 is 0 Å². The minimum absolute atomic E-state index is 0.685. The zero-order chi connectivity index (χ0) is 7.94. The van der Waals surface area contributed by atoms with E-state index in [1.165, 1.54) is 31.0 Å². The number of rotatable bonds is 2. The van der Waals surface area contributed by atoms with Crippen LogP contribution in [0, 0.1) is 11.3 Å². The molecule has 1 aliphatic rings. The molecule has 0 amide bonds. The molecule has 1 rings (SSSR count). The molecule has 0 aromatic carbocycles. The maximum Gasteiger partial charge on any atom is 0.0635 e. The van der Waals surface area contributed by atoms with Crippen molar-refractivity contribution in [2.45, 2.75) is 12.8 Å². The Morgan fingerprint density at radius 3 is 3.09 bits per heavy atom. The van der Waals surface area contributed by atoms with Crippen molar-refractivity contribution >= 4 is 11.8 Å². The smallest absolute Gasteiger partial charge is 0.0635 e. The molecule has 0 saturated carbocycles. The summed E-state index contributed by atoms with van der Waals surface area (Å²) in [6.07, 6.45) is 1.97. The van der Waals surface area contributed by atoms with Gasteiger partial charge in [-0.1, -0.05) is 0 Å². The van der Waals surface area contributed by atoms with Crippen LogP contribution >= 0.6 is 11.8 Å². The van der Waals surface area contributed by atoms with E-state index in [1.807, 2.05) is 11.8 Å². The molecule has 0 aliphatic carbocycles. The number of thioether (sulfide) groups is 1. The lowest BCUT2D eigenvalue weighted by molar-refractivity contribution is 0.302. The molecule has 0 N–H and O–H groups in total. The Hall–Kier alpha value is -0.200. The van der Waals surface area contributed by atoms with Gasteiger partial charge in [-0.05, 0) is 18.7 Å². The monoisotopic (exact) mass is 170 g/mol. The van der Waals surface area contributed by atoms with Crippen LogP contribution in [0.4, 0.5) is 0 Å². The third kappa shape index (κ3) is 3.64. The van der Waals surface area contributed by atoms with Crippen LogP contribution in [0.2, 0.25) is 0 Å². The second kappa shape index (κ2) is 5.45. The van der Waals surface area contributed by atoms with Gasteiger partial charge in [-0.15, -0.1) is 0 Å². The second-order valence-electron chi connectivity index (χ2n) is 2.72. The quantitative estimate of drug-likeness (QED) is 0.626. The Bertz CT molecular complexity index is 134. The molecular formula is C8H14N2S. The molecule has 62 valence electrons. The zero-order valence-corrected chi connectivity index (χ0v) is 7.57. The van der Waals surface area contributed by atoms with Gasteiger partial charge >= 0.3 is 0 Å². The lowest BCUT2D eigenvalue weighted by atomic mass is 10.3. The van der Waals surface area contributed by atoms with E-state index in [0.29, 0.717) is 6.42 Å². The normalized spacial score (nSPS) is 20.6. The number of nitriles is 1. The molecule has 0 bridgehead atoms. The summed E-state index contributed by atoms with van der Waals surface area (Å²) in [5.74, 6) is 2.54. The standard InChI is InChI=1S/C8H14N2S/c9-3-1-4-10-5-2-7-11-8-6-10/h1-2,4-8H2. The molecule has 0 aromatic heterocycles. The largest absolute Gasteiger partial charge is 0.301 e. The van der Waals surface area contributed by atoms with Crippen LogP contribution in [0.25, 0.3) is 0 Å². The molecular weight excluding hydrogens is 156 g/mol. The first kappa shape index (κ1) is 8.89. The van der Waals surface area contributed by atoms with Gasteiger partial charge < -0.3 is 4.90 Å².